The first-order valence-corrected chi connectivity index (χ1v) is 10.1. The zero-order valence-electron chi connectivity index (χ0n) is 14.3. The molecule has 1 aliphatic heterocycles. The molecule has 2 aromatic heterocycles. The first kappa shape index (κ1) is 17.8. The molecule has 27 heavy (non-hydrogen) atoms. The van der Waals surface area contributed by atoms with Gasteiger partial charge in [0.15, 0.2) is 11.5 Å². The van der Waals surface area contributed by atoms with Gasteiger partial charge in [-0.25, -0.2) is 0 Å². The third-order valence-corrected chi connectivity index (χ3v) is 5.91. The van der Waals surface area contributed by atoms with Gasteiger partial charge in [0.2, 0.25) is 12.7 Å². The van der Waals surface area contributed by atoms with Crippen LogP contribution >= 0.6 is 22.7 Å². The summed E-state index contributed by atoms with van der Waals surface area (Å²) in [6.07, 6.45) is 2.61. The molecule has 1 aliphatic rings. The van der Waals surface area contributed by atoms with Crippen LogP contribution in [0.5, 0.6) is 11.5 Å². The van der Waals surface area contributed by atoms with E-state index >= 15 is 0 Å². The molecule has 0 saturated heterocycles. The van der Waals surface area contributed by atoms with Gasteiger partial charge in [0.05, 0.1) is 6.54 Å². The van der Waals surface area contributed by atoms with Crippen LogP contribution in [-0.4, -0.2) is 17.8 Å². The van der Waals surface area contributed by atoms with Gasteiger partial charge >= 0.3 is 0 Å². The Bertz CT molecular complexity index is 962. The number of carbonyl (C=O) groups excluding carboxylic acids is 1. The number of aliphatic hydroxyl groups excluding tert-OH is 1. The first-order chi connectivity index (χ1) is 13.2. The Kier molecular flexibility index (Phi) is 5.24. The maximum absolute atomic E-state index is 12.1. The summed E-state index contributed by atoms with van der Waals surface area (Å²) in [4.78, 5) is 13.9. The summed E-state index contributed by atoms with van der Waals surface area (Å²) in [7, 11) is 0. The summed E-state index contributed by atoms with van der Waals surface area (Å²) in [5.74, 6) is 1.23. The summed E-state index contributed by atoms with van der Waals surface area (Å²) in [5.41, 5.74) is 1.76. The minimum Gasteiger partial charge on any atom is -0.454 e. The SMILES string of the molecule is O=C(/C=C/c1ccc2c(c1)OCO2)NCc1ccc(C(O)c2ccsc2)s1. The van der Waals surface area contributed by atoms with E-state index in [2.05, 4.69) is 5.32 Å². The summed E-state index contributed by atoms with van der Waals surface area (Å²) in [6.45, 7) is 0.651. The van der Waals surface area contributed by atoms with E-state index in [1.807, 2.05) is 47.2 Å². The lowest BCUT2D eigenvalue weighted by molar-refractivity contribution is -0.116. The molecule has 1 atom stereocenters. The third-order valence-electron chi connectivity index (χ3n) is 4.07. The van der Waals surface area contributed by atoms with Crippen molar-refractivity contribution in [2.24, 2.45) is 0 Å². The number of amides is 1. The van der Waals surface area contributed by atoms with E-state index in [0.29, 0.717) is 12.3 Å². The average molecular weight is 399 g/mol. The molecule has 1 amide bonds. The molecule has 138 valence electrons. The van der Waals surface area contributed by atoms with Crippen molar-refractivity contribution in [1.82, 2.24) is 5.32 Å². The molecule has 0 bridgehead atoms. The number of rotatable bonds is 6. The number of carbonyl (C=O) groups is 1. The second kappa shape index (κ2) is 7.96. The van der Waals surface area contributed by atoms with Crippen LogP contribution in [0.4, 0.5) is 0 Å². The number of aliphatic hydroxyl groups is 1. The molecule has 4 rings (SSSR count). The molecule has 1 aromatic carbocycles. The quantitative estimate of drug-likeness (QED) is 0.616. The fourth-order valence-corrected chi connectivity index (χ4v) is 4.30. The highest BCUT2D eigenvalue weighted by Crippen LogP contribution is 2.33. The van der Waals surface area contributed by atoms with Crippen LogP contribution in [0, 0.1) is 0 Å². The second-order valence-electron chi connectivity index (χ2n) is 5.93. The molecule has 5 nitrogen and oxygen atoms in total. The van der Waals surface area contributed by atoms with E-state index in [1.54, 1.807) is 17.4 Å². The minimum absolute atomic E-state index is 0.180. The summed E-state index contributed by atoms with van der Waals surface area (Å²) >= 11 is 3.05. The van der Waals surface area contributed by atoms with Crippen molar-refractivity contribution < 1.29 is 19.4 Å². The van der Waals surface area contributed by atoms with Crippen molar-refractivity contribution in [3.8, 4) is 11.5 Å². The molecular weight excluding hydrogens is 382 g/mol. The van der Waals surface area contributed by atoms with Gasteiger partial charge in [-0.1, -0.05) is 6.07 Å². The standard InChI is InChI=1S/C20H17NO4S2/c22-19(6-2-13-1-4-16-17(9-13)25-12-24-16)21-10-15-3-5-18(27-15)20(23)14-7-8-26-11-14/h1-9,11,20,23H,10,12H2,(H,21,22)/b6-2+. The first-order valence-electron chi connectivity index (χ1n) is 8.33. The number of fused-ring (bicyclic) bond motifs is 1. The zero-order valence-corrected chi connectivity index (χ0v) is 15.9. The number of nitrogens with one attached hydrogen (secondary N) is 1. The summed E-state index contributed by atoms with van der Waals surface area (Å²) in [5, 5.41) is 17.1. The molecule has 0 fully saturated rings. The van der Waals surface area contributed by atoms with Crippen LogP contribution in [0.1, 0.15) is 27.0 Å². The van der Waals surface area contributed by atoms with Gasteiger partial charge in [-0.05, 0) is 58.3 Å². The molecule has 0 aliphatic carbocycles. The Morgan fingerprint density at radius 3 is 2.96 bits per heavy atom. The van der Waals surface area contributed by atoms with Gasteiger partial charge < -0.3 is 19.9 Å². The highest BCUT2D eigenvalue weighted by atomic mass is 32.1. The van der Waals surface area contributed by atoms with Gasteiger partial charge in [0.1, 0.15) is 6.10 Å². The Hall–Kier alpha value is -2.61. The molecule has 0 saturated carbocycles. The smallest absolute Gasteiger partial charge is 0.244 e. The lowest BCUT2D eigenvalue weighted by Crippen LogP contribution is -2.19. The van der Waals surface area contributed by atoms with Crippen LogP contribution in [0.2, 0.25) is 0 Å². The zero-order chi connectivity index (χ0) is 18.6. The Morgan fingerprint density at radius 2 is 2.11 bits per heavy atom. The largest absolute Gasteiger partial charge is 0.454 e. The normalized spacial score (nSPS) is 13.8. The maximum Gasteiger partial charge on any atom is 0.244 e. The Balaban J connectivity index is 1.32. The van der Waals surface area contributed by atoms with Crippen LogP contribution in [0.25, 0.3) is 6.08 Å². The Morgan fingerprint density at radius 1 is 1.22 bits per heavy atom. The predicted octanol–water partition coefficient (Wildman–Crippen LogP) is 3.95. The highest BCUT2D eigenvalue weighted by molar-refractivity contribution is 7.12. The molecule has 0 radical (unpaired) electrons. The van der Waals surface area contributed by atoms with Gasteiger partial charge in [0.25, 0.3) is 0 Å². The number of hydrogen-bond donors (Lipinski definition) is 2. The molecule has 2 N–H and O–H groups in total. The second-order valence-corrected chi connectivity index (χ2v) is 7.91. The van der Waals surface area contributed by atoms with Crippen molar-refractivity contribution >= 4 is 34.7 Å². The lowest BCUT2D eigenvalue weighted by atomic mass is 10.2. The molecule has 3 heterocycles. The van der Waals surface area contributed by atoms with Crippen molar-refractivity contribution in [2.75, 3.05) is 6.79 Å². The van der Waals surface area contributed by atoms with E-state index in [9.17, 15) is 9.90 Å². The van der Waals surface area contributed by atoms with E-state index < -0.39 is 6.10 Å². The minimum atomic E-state index is -0.614. The fraction of sp³-hybridized carbons (Fsp3) is 0.150. The van der Waals surface area contributed by atoms with Crippen molar-refractivity contribution in [2.45, 2.75) is 12.6 Å². The van der Waals surface area contributed by atoms with E-state index in [0.717, 1.165) is 26.6 Å². The Labute approximate surface area is 164 Å². The van der Waals surface area contributed by atoms with Crippen molar-refractivity contribution in [3.63, 3.8) is 0 Å². The van der Waals surface area contributed by atoms with E-state index in [1.165, 1.54) is 17.4 Å². The van der Waals surface area contributed by atoms with Crippen LogP contribution in [-0.2, 0) is 11.3 Å². The third kappa shape index (κ3) is 4.21. The maximum atomic E-state index is 12.1. The van der Waals surface area contributed by atoms with Crippen molar-refractivity contribution in [3.05, 3.63) is 74.1 Å². The topological polar surface area (TPSA) is 67.8 Å². The number of ether oxygens (including phenoxy) is 2. The number of thiophene rings is 2. The fourth-order valence-electron chi connectivity index (χ4n) is 2.65. The average Bonchev–Trinajstić information content (AvgIpc) is 3.45. The molecular formula is C20H17NO4S2. The summed E-state index contributed by atoms with van der Waals surface area (Å²) < 4.78 is 10.6. The monoisotopic (exact) mass is 399 g/mol. The number of benzene rings is 1. The van der Waals surface area contributed by atoms with Gasteiger partial charge in [-0.2, -0.15) is 11.3 Å². The van der Waals surface area contributed by atoms with Gasteiger partial charge in [-0.3, -0.25) is 4.79 Å². The van der Waals surface area contributed by atoms with E-state index in [-0.39, 0.29) is 12.7 Å². The van der Waals surface area contributed by atoms with Gasteiger partial charge in [-0.15, -0.1) is 11.3 Å². The van der Waals surface area contributed by atoms with E-state index in [4.69, 9.17) is 9.47 Å². The molecule has 3 aromatic rings. The van der Waals surface area contributed by atoms with Crippen molar-refractivity contribution in [1.29, 1.82) is 0 Å². The summed E-state index contributed by atoms with van der Waals surface area (Å²) in [6, 6.07) is 11.3. The number of hydrogen-bond acceptors (Lipinski definition) is 6. The molecule has 1 unspecified atom stereocenters. The van der Waals surface area contributed by atoms with Gasteiger partial charge in [0, 0.05) is 15.8 Å². The molecule has 7 heteroatoms. The van der Waals surface area contributed by atoms with Crippen LogP contribution in [0.15, 0.2) is 53.2 Å². The molecule has 0 spiro atoms. The highest BCUT2D eigenvalue weighted by Gasteiger charge is 2.14. The lowest BCUT2D eigenvalue weighted by Gasteiger charge is -2.05. The predicted molar refractivity (Wildman–Crippen MR) is 106 cm³/mol. The van der Waals surface area contributed by atoms with Crippen LogP contribution < -0.4 is 14.8 Å². The van der Waals surface area contributed by atoms with Crippen LogP contribution in [0.3, 0.4) is 0 Å².